The van der Waals surface area contributed by atoms with Gasteiger partial charge in [0.05, 0.1) is 12.6 Å². The Labute approximate surface area is 126 Å². The lowest BCUT2D eigenvalue weighted by molar-refractivity contribution is 0.195. The van der Waals surface area contributed by atoms with E-state index in [1.165, 1.54) is 19.3 Å². The lowest BCUT2D eigenvalue weighted by atomic mass is 9.93. The van der Waals surface area contributed by atoms with Gasteiger partial charge in [0.2, 0.25) is 0 Å². The minimum atomic E-state index is 0.503. The summed E-state index contributed by atoms with van der Waals surface area (Å²) in [5.74, 6) is 1.75. The molecule has 0 atom stereocenters. The molecule has 0 bridgehead atoms. The largest absolute Gasteiger partial charge is 0.384 e. The van der Waals surface area contributed by atoms with Crippen LogP contribution in [-0.4, -0.2) is 33.5 Å². The van der Waals surface area contributed by atoms with Gasteiger partial charge in [-0.1, -0.05) is 0 Å². The molecule has 2 heterocycles. The van der Waals surface area contributed by atoms with Crippen molar-refractivity contribution in [2.24, 2.45) is 0 Å². The first-order valence-electron chi connectivity index (χ1n) is 6.83. The van der Waals surface area contributed by atoms with E-state index in [1.807, 2.05) is 6.07 Å². The second-order valence-corrected chi connectivity index (χ2v) is 5.93. The van der Waals surface area contributed by atoms with Gasteiger partial charge >= 0.3 is 0 Å². The first-order valence-corrected chi connectivity index (χ1v) is 7.62. The topological polar surface area (TPSA) is 52.8 Å². The lowest BCUT2D eigenvalue weighted by Crippen LogP contribution is -2.21. The van der Waals surface area contributed by atoms with E-state index < -0.39 is 0 Å². The van der Waals surface area contributed by atoms with Gasteiger partial charge in [-0.2, -0.15) is 5.10 Å². The van der Waals surface area contributed by atoms with Crippen molar-refractivity contribution in [3.8, 4) is 11.4 Å². The van der Waals surface area contributed by atoms with E-state index in [0.717, 1.165) is 28.1 Å². The summed E-state index contributed by atoms with van der Waals surface area (Å²) >= 11 is 3.44. The zero-order valence-corrected chi connectivity index (χ0v) is 13.0. The fraction of sp³-hybridized carbons (Fsp3) is 0.500. The van der Waals surface area contributed by atoms with Gasteiger partial charge < -0.3 is 4.74 Å². The maximum Gasteiger partial charge on any atom is 0.182 e. The second kappa shape index (κ2) is 6.01. The summed E-state index contributed by atoms with van der Waals surface area (Å²) < 4.78 is 8.19. The molecule has 6 heteroatoms. The van der Waals surface area contributed by atoms with Crippen LogP contribution in [0.25, 0.3) is 11.4 Å². The Hall–Kier alpha value is -1.27. The number of halogens is 1. The highest BCUT2D eigenvalue weighted by Gasteiger charge is 2.24. The third-order valence-electron chi connectivity index (χ3n) is 3.62. The molecule has 5 nitrogen and oxygen atoms in total. The highest BCUT2D eigenvalue weighted by Crippen LogP contribution is 2.32. The highest BCUT2D eigenvalue weighted by molar-refractivity contribution is 9.10. The summed E-state index contributed by atoms with van der Waals surface area (Å²) in [6.45, 7) is 0.668. The Morgan fingerprint density at radius 3 is 2.90 bits per heavy atom. The average molecular weight is 337 g/mol. The molecule has 0 amide bonds. The van der Waals surface area contributed by atoms with Crippen molar-refractivity contribution in [2.45, 2.75) is 31.7 Å². The van der Waals surface area contributed by atoms with Gasteiger partial charge in [0.25, 0.3) is 0 Å². The number of aromatic nitrogens is 4. The van der Waals surface area contributed by atoms with Crippen molar-refractivity contribution in [3.63, 3.8) is 0 Å². The predicted octanol–water partition coefficient (Wildman–Crippen LogP) is 3.02. The minimum Gasteiger partial charge on any atom is -0.384 e. The van der Waals surface area contributed by atoms with Crippen LogP contribution >= 0.6 is 15.9 Å². The maximum absolute atomic E-state index is 5.17. The number of hydrogen-bond donors (Lipinski definition) is 0. The molecular formula is C14H17BrN4O. The molecule has 106 valence electrons. The third-order valence-corrected chi connectivity index (χ3v) is 4.05. The van der Waals surface area contributed by atoms with Crippen molar-refractivity contribution >= 4 is 15.9 Å². The molecule has 0 saturated heterocycles. The number of ether oxygens (including phenoxy) is 1. The molecule has 1 fully saturated rings. The second-order valence-electron chi connectivity index (χ2n) is 5.02. The Kier molecular flexibility index (Phi) is 4.12. The molecule has 1 saturated carbocycles. The van der Waals surface area contributed by atoms with E-state index in [0.29, 0.717) is 12.6 Å². The van der Waals surface area contributed by atoms with Crippen LogP contribution in [0.1, 0.15) is 31.1 Å². The SMILES string of the molecule is COCCc1nc(-c2cncc(Br)c2)nn1C1CCC1. The van der Waals surface area contributed by atoms with Crippen LogP contribution in [0.2, 0.25) is 0 Å². The van der Waals surface area contributed by atoms with Crippen molar-refractivity contribution in [1.82, 2.24) is 19.7 Å². The van der Waals surface area contributed by atoms with Crippen LogP contribution in [0.15, 0.2) is 22.9 Å². The summed E-state index contributed by atoms with van der Waals surface area (Å²) in [7, 11) is 1.71. The zero-order valence-electron chi connectivity index (χ0n) is 11.4. The van der Waals surface area contributed by atoms with Gasteiger partial charge in [0, 0.05) is 36.0 Å². The van der Waals surface area contributed by atoms with Crippen LogP contribution < -0.4 is 0 Å². The van der Waals surface area contributed by atoms with Gasteiger partial charge in [0.1, 0.15) is 5.82 Å². The molecule has 0 spiro atoms. The van der Waals surface area contributed by atoms with Gasteiger partial charge in [-0.25, -0.2) is 9.67 Å². The van der Waals surface area contributed by atoms with Crippen LogP contribution in [0, 0.1) is 0 Å². The van der Waals surface area contributed by atoms with Crippen LogP contribution in [0.5, 0.6) is 0 Å². The average Bonchev–Trinajstić information content (AvgIpc) is 2.78. The molecule has 0 N–H and O–H groups in total. The molecule has 20 heavy (non-hydrogen) atoms. The molecular weight excluding hydrogens is 320 g/mol. The maximum atomic E-state index is 5.17. The monoisotopic (exact) mass is 336 g/mol. The van der Waals surface area contributed by atoms with E-state index in [2.05, 4.69) is 35.7 Å². The fourth-order valence-electron chi connectivity index (χ4n) is 2.30. The van der Waals surface area contributed by atoms with Crippen molar-refractivity contribution in [1.29, 1.82) is 0 Å². The first-order chi connectivity index (χ1) is 9.78. The van der Waals surface area contributed by atoms with Crippen LogP contribution in [0.4, 0.5) is 0 Å². The predicted molar refractivity (Wildman–Crippen MR) is 79.4 cm³/mol. The summed E-state index contributed by atoms with van der Waals surface area (Å²) in [5, 5.41) is 4.69. The Bertz CT molecular complexity index is 595. The molecule has 3 rings (SSSR count). The fourth-order valence-corrected chi connectivity index (χ4v) is 2.66. The summed E-state index contributed by atoms with van der Waals surface area (Å²) in [5.41, 5.74) is 0.941. The first kappa shape index (κ1) is 13.7. The minimum absolute atomic E-state index is 0.503. The zero-order chi connectivity index (χ0) is 13.9. The normalized spacial score (nSPS) is 15.3. The third kappa shape index (κ3) is 2.76. The van der Waals surface area contributed by atoms with E-state index in [1.54, 1.807) is 19.5 Å². The number of nitrogens with zero attached hydrogens (tertiary/aromatic N) is 4. The highest BCUT2D eigenvalue weighted by atomic mass is 79.9. The Morgan fingerprint density at radius 2 is 2.25 bits per heavy atom. The molecule has 1 aliphatic rings. The van der Waals surface area contributed by atoms with E-state index in [-0.39, 0.29) is 0 Å². The lowest BCUT2D eigenvalue weighted by Gasteiger charge is -2.26. The van der Waals surface area contributed by atoms with Crippen molar-refractivity contribution in [3.05, 3.63) is 28.8 Å². The van der Waals surface area contributed by atoms with Gasteiger partial charge in [0.15, 0.2) is 5.82 Å². The molecule has 2 aromatic rings. The van der Waals surface area contributed by atoms with Gasteiger partial charge in [-0.05, 0) is 41.3 Å². The molecule has 1 aliphatic carbocycles. The van der Waals surface area contributed by atoms with Crippen LogP contribution in [0.3, 0.4) is 0 Å². The molecule has 0 aromatic carbocycles. The van der Waals surface area contributed by atoms with Crippen LogP contribution in [-0.2, 0) is 11.2 Å². The quantitative estimate of drug-likeness (QED) is 0.842. The summed E-state index contributed by atoms with van der Waals surface area (Å²) in [4.78, 5) is 8.85. The van der Waals surface area contributed by atoms with Gasteiger partial charge in [-0.15, -0.1) is 0 Å². The van der Waals surface area contributed by atoms with E-state index >= 15 is 0 Å². The van der Waals surface area contributed by atoms with Gasteiger partial charge in [-0.3, -0.25) is 4.98 Å². The number of pyridine rings is 1. The molecule has 0 radical (unpaired) electrons. The molecule has 0 aliphatic heterocycles. The number of rotatable bonds is 5. The standard InChI is InChI=1S/C14H17BrN4O/c1-20-6-5-13-17-14(10-7-11(15)9-16-8-10)18-19(13)12-3-2-4-12/h7-9,12H,2-6H2,1H3. The molecule has 2 aromatic heterocycles. The van der Waals surface area contributed by atoms with E-state index in [4.69, 9.17) is 4.74 Å². The van der Waals surface area contributed by atoms with Crippen molar-refractivity contribution < 1.29 is 4.74 Å². The summed E-state index contributed by atoms with van der Waals surface area (Å²) in [6.07, 6.45) is 8.02. The Morgan fingerprint density at radius 1 is 1.40 bits per heavy atom. The number of methoxy groups -OCH3 is 1. The smallest absolute Gasteiger partial charge is 0.182 e. The number of hydrogen-bond acceptors (Lipinski definition) is 4. The Balaban J connectivity index is 1.93. The molecule has 0 unspecified atom stereocenters. The van der Waals surface area contributed by atoms with E-state index in [9.17, 15) is 0 Å². The van der Waals surface area contributed by atoms with Crippen molar-refractivity contribution in [2.75, 3.05) is 13.7 Å². The summed E-state index contributed by atoms with van der Waals surface area (Å²) in [6, 6.07) is 2.50.